The van der Waals surface area contributed by atoms with Crippen LogP contribution < -0.4 is 18.9 Å². The molecule has 0 atom stereocenters. The van der Waals surface area contributed by atoms with Gasteiger partial charge in [0.25, 0.3) is 0 Å². The first kappa shape index (κ1) is 20.9. The van der Waals surface area contributed by atoms with E-state index in [0.29, 0.717) is 47.3 Å². The first-order chi connectivity index (χ1) is 14.7. The van der Waals surface area contributed by atoms with Gasteiger partial charge in [0.15, 0.2) is 23.0 Å². The van der Waals surface area contributed by atoms with Gasteiger partial charge in [0, 0.05) is 11.1 Å². The zero-order chi connectivity index (χ0) is 21.3. The quantitative estimate of drug-likeness (QED) is 0.462. The van der Waals surface area contributed by atoms with Gasteiger partial charge in [-0.1, -0.05) is 18.2 Å². The fourth-order valence-corrected chi connectivity index (χ4v) is 2.88. The number of rotatable bonds is 10. The summed E-state index contributed by atoms with van der Waals surface area (Å²) in [5, 5.41) is 0. The maximum absolute atomic E-state index is 10.9. The first-order valence-electron chi connectivity index (χ1n) is 9.26. The Morgan fingerprint density at radius 3 is 1.50 bits per heavy atom. The molecule has 0 spiro atoms. The molecule has 0 bridgehead atoms. The van der Waals surface area contributed by atoms with Crippen molar-refractivity contribution in [3.05, 3.63) is 82.9 Å². The van der Waals surface area contributed by atoms with E-state index in [9.17, 15) is 9.59 Å². The fraction of sp³-hybridized carbons (Fsp3) is 0.167. The zero-order valence-corrected chi connectivity index (χ0v) is 16.8. The molecule has 0 radical (unpaired) electrons. The largest absolute Gasteiger partial charge is 0.493 e. The van der Waals surface area contributed by atoms with Crippen LogP contribution >= 0.6 is 0 Å². The smallest absolute Gasteiger partial charge is 0.161 e. The molecule has 0 unspecified atom stereocenters. The molecule has 0 N–H and O–H groups in total. The van der Waals surface area contributed by atoms with Gasteiger partial charge in [0.1, 0.15) is 25.8 Å². The lowest BCUT2D eigenvalue weighted by atomic mass is 10.1. The Kier molecular flexibility index (Phi) is 7.05. The number of aldehydes is 2. The van der Waals surface area contributed by atoms with E-state index in [2.05, 4.69) is 0 Å². The van der Waals surface area contributed by atoms with Gasteiger partial charge in [0.05, 0.1) is 14.2 Å². The van der Waals surface area contributed by atoms with Crippen LogP contribution in [-0.4, -0.2) is 26.8 Å². The van der Waals surface area contributed by atoms with Crippen LogP contribution in [0.15, 0.2) is 60.7 Å². The van der Waals surface area contributed by atoms with Crippen molar-refractivity contribution in [1.29, 1.82) is 0 Å². The van der Waals surface area contributed by atoms with Crippen molar-refractivity contribution in [1.82, 2.24) is 0 Å². The Hall–Kier alpha value is -3.80. The predicted molar refractivity (Wildman–Crippen MR) is 112 cm³/mol. The molecule has 3 aromatic rings. The molecule has 0 aliphatic carbocycles. The molecule has 3 aromatic carbocycles. The van der Waals surface area contributed by atoms with Crippen LogP contribution in [-0.2, 0) is 13.2 Å². The Bertz CT molecular complexity index is 949. The molecule has 0 aliphatic rings. The van der Waals surface area contributed by atoms with Gasteiger partial charge in [-0.15, -0.1) is 0 Å². The number of methoxy groups -OCH3 is 2. The number of benzene rings is 3. The van der Waals surface area contributed by atoms with Gasteiger partial charge < -0.3 is 18.9 Å². The Labute approximate surface area is 175 Å². The van der Waals surface area contributed by atoms with Gasteiger partial charge in [-0.2, -0.15) is 0 Å². The van der Waals surface area contributed by atoms with E-state index >= 15 is 0 Å². The SMILES string of the molecule is COc1cc(C=O)ccc1OCc1cccc(COc2ccc(C=O)cc2OC)c1. The van der Waals surface area contributed by atoms with E-state index in [1.165, 1.54) is 14.2 Å². The van der Waals surface area contributed by atoms with Crippen molar-refractivity contribution >= 4 is 12.6 Å². The maximum Gasteiger partial charge on any atom is 0.161 e. The monoisotopic (exact) mass is 406 g/mol. The minimum Gasteiger partial charge on any atom is -0.493 e. The third-order valence-corrected chi connectivity index (χ3v) is 4.43. The van der Waals surface area contributed by atoms with Gasteiger partial charge in [-0.25, -0.2) is 0 Å². The summed E-state index contributed by atoms with van der Waals surface area (Å²) in [4.78, 5) is 21.8. The molecule has 6 nitrogen and oxygen atoms in total. The Morgan fingerprint density at radius 1 is 0.633 bits per heavy atom. The lowest BCUT2D eigenvalue weighted by Crippen LogP contribution is -2.01. The highest BCUT2D eigenvalue weighted by atomic mass is 16.5. The first-order valence-corrected chi connectivity index (χ1v) is 9.26. The van der Waals surface area contributed by atoms with Crippen molar-refractivity contribution in [2.45, 2.75) is 13.2 Å². The third kappa shape index (κ3) is 5.17. The Morgan fingerprint density at radius 2 is 1.10 bits per heavy atom. The molecule has 3 rings (SSSR count). The number of carbonyl (C=O) groups excluding carboxylic acids is 2. The van der Waals surface area contributed by atoms with Crippen molar-refractivity contribution < 1.29 is 28.5 Å². The van der Waals surface area contributed by atoms with Gasteiger partial charge >= 0.3 is 0 Å². The van der Waals surface area contributed by atoms with Crippen molar-refractivity contribution in [2.24, 2.45) is 0 Å². The lowest BCUT2D eigenvalue weighted by molar-refractivity contribution is 0.111. The summed E-state index contributed by atoms with van der Waals surface area (Å²) in [7, 11) is 3.06. The highest BCUT2D eigenvalue weighted by Crippen LogP contribution is 2.29. The van der Waals surface area contributed by atoms with Gasteiger partial charge in [-0.3, -0.25) is 9.59 Å². The standard InChI is InChI=1S/C24H22O6/c1-27-23-11-17(13-25)6-8-21(23)29-15-19-4-3-5-20(10-19)16-30-22-9-7-18(14-26)12-24(22)28-2/h3-14H,15-16H2,1-2H3. The molecule has 6 heteroatoms. The molecule has 0 amide bonds. The van der Waals surface area contributed by atoms with Gasteiger partial charge in [0.2, 0.25) is 0 Å². The normalized spacial score (nSPS) is 10.2. The summed E-state index contributed by atoms with van der Waals surface area (Å²) < 4.78 is 22.3. The van der Waals surface area contributed by atoms with Crippen LogP contribution in [0.3, 0.4) is 0 Å². The number of carbonyl (C=O) groups is 2. The van der Waals surface area contributed by atoms with E-state index in [1.807, 2.05) is 24.3 Å². The molecular weight excluding hydrogens is 384 g/mol. The molecule has 154 valence electrons. The molecule has 0 fully saturated rings. The van der Waals surface area contributed by atoms with E-state index in [0.717, 1.165) is 23.7 Å². The summed E-state index contributed by atoms with van der Waals surface area (Å²) in [5.74, 6) is 2.13. The summed E-state index contributed by atoms with van der Waals surface area (Å²) >= 11 is 0. The second-order valence-electron chi connectivity index (χ2n) is 6.45. The molecule has 0 aromatic heterocycles. The molecular formula is C24H22O6. The highest BCUT2D eigenvalue weighted by Gasteiger charge is 2.08. The lowest BCUT2D eigenvalue weighted by Gasteiger charge is -2.13. The zero-order valence-electron chi connectivity index (χ0n) is 16.8. The van der Waals surface area contributed by atoms with Gasteiger partial charge in [-0.05, 0) is 53.6 Å². The number of hydrogen-bond donors (Lipinski definition) is 0. The van der Waals surface area contributed by atoms with Crippen LogP contribution in [0.25, 0.3) is 0 Å². The summed E-state index contributed by atoms with van der Waals surface area (Å²) in [6.07, 6.45) is 1.52. The van der Waals surface area contributed by atoms with Crippen LogP contribution in [0.1, 0.15) is 31.8 Å². The third-order valence-electron chi connectivity index (χ3n) is 4.43. The Balaban J connectivity index is 1.65. The van der Waals surface area contributed by atoms with E-state index < -0.39 is 0 Å². The topological polar surface area (TPSA) is 71.1 Å². The molecule has 0 saturated heterocycles. The molecule has 0 aliphatic heterocycles. The van der Waals surface area contributed by atoms with E-state index in [1.54, 1.807) is 36.4 Å². The van der Waals surface area contributed by atoms with Crippen LogP contribution in [0, 0.1) is 0 Å². The average Bonchev–Trinajstić information content (AvgIpc) is 2.81. The van der Waals surface area contributed by atoms with Crippen LogP contribution in [0.5, 0.6) is 23.0 Å². The highest BCUT2D eigenvalue weighted by molar-refractivity contribution is 5.77. The van der Waals surface area contributed by atoms with Crippen LogP contribution in [0.2, 0.25) is 0 Å². The number of hydrogen-bond acceptors (Lipinski definition) is 6. The minimum absolute atomic E-state index is 0.335. The second kappa shape index (κ2) is 10.1. The van der Waals surface area contributed by atoms with Crippen molar-refractivity contribution in [3.63, 3.8) is 0 Å². The van der Waals surface area contributed by atoms with Crippen LogP contribution in [0.4, 0.5) is 0 Å². The minimum atomic E-state index is 0.335. The molecule has 0 saturated carbocycles. The van der Waals surface area contributed by atoms with E-state index in [4.69, 9.17) is 18.9 Å². The maximum atomic E-state index is 10.9. The molecule has 30 heavy (non-hydrogen) atoms. The summed E-state index contributed by atoms with van der Waals surface area (Å²) in [6.45, 7) is 0.671. The van der Waals surface area contributed by atoms with E-state index in [-0.39, 0.29) is 0 Å². The summed E-state index contributed by atoms with van der Waals surface area (Å²) in [5.41, 5.74) is 2.96. The van der Waals surface area contributed by atoms with Crippen molar-refractivity contribution in [3.8, 4) is 23.0 Å². The van der Waals surface area contributed by atoms with Crippen molar-refractivity contribution in [2.75, 3.05) is 14.2 Å². The fourth-order valence-electron chi connectivity index (χ4n) is 2.88. The molecule has 0 heterocycles. The second-order valence-corrected chi connectivity index (χ2v) is 6.45. The predicted octanol–water partition coefficient (Wildman–Crippen LogP) is 4.49. The number of ether oxygens (including phenoxy) is 4. The summed E-state index contributed by atoms with van der Waals surface area (Å²) in [6, 6.07) is 17.9. The average molecular weight is 406 g/mol.